The van der Waals surface area contributed by atoms with Crippen molar-refractivity contribution >= 4 is 47.5 Å². The lowest BCUT2D eigenvalue weighted by molar-refractivity contribution is -0.123. The summed E-state index contributed by atoms with van der Waals surface area (Å²) in [6, 6.07) is 14.1. The van der Waals surface area contributed by atoms with E-state index in [0.717, 1.165) is 16.7 Å². The number of phenolic OH excluding ortho intramolecular Hbond substituents is 2. The number of nitrogens with two attached hydrogens (primary N) is 1. The Kier molecular flexibility index (Phi) is 7.51. The SMILES string of the molecule is Bc1cccc2c1NCC21c2cc(ccc2O)C[C@H](N)C(=O)NC(C(C)C)c2nc(C(=O)NCC(=O)c3c[nH]c4c(O)cccc34)c1o2. The van der Waals surface area contributed by atoms with Gasteiger partial charge >= 0.3 is 0 Å². The van der Waals surface area contributed by atoms with Crippen LogP contribution in [-0.2, 0) is 16.6 Å². The molecule has 0 aliphatic carbocycles. The molecule has 2 amide bonds. The molecule has 48 heavy (non-hydrogen) atoms. The predicted octanol–water partition coefficient (Wildman–Crippen LogP) is 1.89. The molecular formula is C35H35BN6O6. The van der Waals surface area contributed by atoms with E-state index < -0.39 is 29.3 Å². The summed E-state index contributed by atoms with van der Waals surface area (Å²) in [6.07, 6.45) is 1.70. The molecular weight excluding hydrogens is 611 g/mol. The number of aromatic nitrogens is 2. The number of carbonyl (C=O) groups excluding carboxylic acids is 3. The molecule has 2 unspecified atom stereocenters. The Labute approximate surface area is 276 Å². The Morgan fingerprint density at radius 3 is 2.71 bits per heavy atom. The summed E-state index contributed by atoms with van der Waals surface area (Å²) < 4.78 is 6.61. The molecule has 2 aliphatic rings. The number of para-hydroxylation sites is 2. The molecule has 5 aromatic rings. The van der Waals surface area contributed by atoms with Crippen molar-refractivity contribution in [2.45, 2.75) is 37.8 Å². The summed E-state index contributed by atoms with van der Waals surface area (Å²) >= 11 is 0. The van der Waals surface area contributed by atoms with Gasteiger partial charge in [-0.25, -0.2) is 4.98 Å². The molecule has 8 N–H and O–H groups in total. The molecule has 4 bridgehead atoms. The van der Waals surface area contributed by atoms with Gasteiger partial charge in [0.25, 0.3) is 5.91 Å². The third-order valence-electron chi connectivity index (χ3n) is 9.46. The molecule has 0 fully saturated rings. The minimum atomic E-state index is -1.23. The smallest absolute Gasteiger partial charge is 0.273 e. The fraction of sp³-hybridized carbons (Fsp3) is 0.257. The van der Waals surface area contributed by atoms with E-state index >= 15 is 0 Å². The number of rotatable bonds is 5. The van der Waals surface area contributed by atoms with Crippen molar-refractivity contribution in [3.05, 3.63) is 100 Å². The quantitative estimate of drug-likeness (QED) is 0.110. The number of fused-ring (bicyclic) bond motifs is 9. The minimum Gasteiger partial charge on any atom is -0.508 e. The van der Waals surface area contributed by atoms with Crippen LogP contribution >= 0.6 is 0 Å². The number of H-pyrrole nitrogens is 1. The number of aromatic amines is 1. The highest BCUT2D eigenvalue weighted by molar-refractivity contribution is 6.36. The highest BCUT2D eigenvalue weighted by atomic mass is 16.4. The standard InChI is InChI=1S/C35H35BN6O6/c1-16(2)27-34-42-30(33(47)39-14-26(45)19-13-38-28-18(19)5-3-8-25(28)44)31(48-34)35(15-40-29-20(35)6-4-7-22(29)36)21-11-17(9-10-24(21)43)12-23(37)32(46)41-27/h3-11,13,16,23,27,38,40,43-44H,12,14-15,36-37H2,1-2H3,(H,39,47)(H,41,46)/t23-,27?,35?/m0/s1. The normalized spacial score (nSPS) is 20.1. The Balaban J connectivity index is 1.39. The third kappa shape index (κ3) is 4.89. The van der Waals surface area contributed by atoms with Crippen LogP contribution in [0.2, 0.25) is 0 Å². The van der Waals surface area contributed by atoms with Crippen LogP contribution in [0.5, 0.6) is 11.5 Å². The topological polar surface area (TPSA) is 196 Å². The van der Waals surface area contributed by atoms with Crippen molar-refractivity contribution in [1.82, 2.24) is 20.6 Å². The summed E-state index contributed by atoms with van der Waals surface area (Å²) in [5, 5.41) is 31.3. The molecule has 2 aromatic heterocycles. The number of oxazole rings is 1. The zero-order chi connectivity index (χ0) is 33.9. The molecule has 12 nitrogen and oxygen atoms in total. The predicted molar refractivity (Wildman–Crippen MR) is 182 cm³/mol. The number of nitrogens with zero attached hydrogens (tertiary/aromatic N) is 1. The van der Waals surface area contributed by atoms with Crippen LogP contribution in [-0.4, -0.2) is 64.8 Å². The highest BCUT2D eigenvalue weighted by Crippen LogP contribution is 2.50. The average molecular weight is 647 g/mol. The second-order valence-corrected chi connectivity index (χ2v) is 12.9. The van der Waals surface area contributed by atoms with Crippen LogP contribution in [0.25, 0.3) is 10.9 Å². The van der Waals surface area contributed by atoms with Crippen molar-refractivity contribution < 1.29 is 29.0 Å². The van der Waals surface area contributed by atoms with Crippen LogP contribution in [0.15, 0.2) is 65.2 Å². The van der Waals surface area contributed by atoms with E-state index in [-0.39, 0.29) is 60.1 Å². The van der Waals surface area contributed by atoms with Gasteiger partial charge in [-0.1, -0.05) is 61.8 Å². The van der Waals surface area contributed by atoms with Crippen molar-refractivity contribution in [3.8, 4) is 11.5 Å². The number of phenols is 2. The summed E-state index contributed by atoms with van der Waals surface area (Å²) in [5.74, 6) is -1.45. The number of hydrogen-bond acceptors (Lipinski definition) is 9. The van der Waals surface area contributed by atoms with Gasteiger partial charge in [0.05, 0.1) is 18.1 Å². The molecule has 0 saturated carbocycles. The van der Waals surface area contributed by atoms with Crippen molar-refractivity contribution in [2.24, 2.45) is 11.7 Å². The van der Waals surface area contributed by atoms with E-state index in [1.165, 1.54) is 12.3 Å². The van der Waals surface area contributed by atoms with Crippen LogP contribution in [0.4, 0.5) is 5.69 Å². The number of amides is 2. The Hall–Kier alpha value is -5.56. The summed E-state index contributed by atoms with van der Waals surface area (Å²) in [6.45, 7) is 3.64. The third-order valence-corrected chi connectivity index (χ3v) is 9.46. The number of aromatic hydroxyl groups is 2. The molecule has 0 saturated heterocycles. The first-order valence-corrected chi connectivity index (χ1v) is 15.8. The van der Waals surface area contributed by atoms with Gasteiger partial charge in [-0.05, 0) is 35.6 Å². The highest BCUT2D eigenvalue weighted by Gasteiger charge is 2.50. The molecule has 3 aromatic carbocycles. The second-order valence-electron chi connectivity index (χ2n) is 12.9. The van der Waals surface area contributed by atoms with Gasteiger partial charge in [0, 0.05) is 34.9 Å². The number of anilines is 1. The summed E-state index contributed by atoms with van der Waals surface area (Å²) in [4.78, 5) is 48.5. The number of Topliss-reactive ketones (excluding diaryl/α,β-unsaturated/α-hetero) is 1. The molecule has 0 radical (unpaired) electrons. The average Bonchev–Trinajstić information content (AvgIpc) is 3.80. The van der Waals surface area contributed by atoms with Gasteiger partial charge in [0.15, 0.2) is 17.2 Å². The molecule has 4 heterocycles. The zero-order valence-electron chi connectivity index (χ0n) is 26.7. The maximum atomic E-state index is 14.2. The van der Waals surface area contributed by atoms with Gasteiger partial charge in [-0.15, -0.1) is 0 Å². The number of benzene rings is 3. The second kappa shape index (κ2) is 11.6. The van der Waals surface area contributed by atoms with Gasteiger partial charge in [-0.2, -0.15) is 0 Å². The molecule has 1 spiro atoms. The first-order valence-electron chi connectivity index (χ1n) is 15.8. The van der Waals surface area contributed by atoms with Crippen molar-refractivity contribution in [1.29, 1.82) is 0 Å². The van der Waals surface area contributed by atoms with E-state index in [0.29, 0.717) is 27.6 Å². The van der Waals surface area contributed by atoms with Gasteiger partial charge in [0.2, 0.25) is 11.8 Å². The van der Waals surface area contributed by atoms with E-state index in [4.69, 9.17) is 15.1 Å². The lowest BCUT2D eigenvalue weighted by Gasteiger charge is -2.30. The lowest BCUT2D eigenvalue weighted by Crippen LogP contribution is -2.45. The van der Waals surface area contributed by atoms with Crippen LogP contribution in [0, 0.1) is 5.92 Å². The number of nitrogens with one attached hydrogen (secondary N) is 4. The molecule has 13 heteroatoms. The minimum absolute atomic E-state index is 0.00498. The van der Waals surface area contributed by atoms with Crippen LogP contribution < -0.4 is 27.1 Å². The van der Waals surface area contributed by atoms with Gasteiger partial charge < -0.3 is 41.3 Å². The van der Waals surface area contributed by atoms with E-state index in [2.05, 4.69) is 20.9 Å². The number of ketones is 1. The zero-order valence-corrected chi connectivity index (χ0v) is 26.7. The Bertz CT molecular complexity index is 2120. The first-order chi connectivity index (χ1) is 23.0. The van der Waals surface area contributed by atoms with Crippen LogP contribution in [0.1, 0.15) is 69.1 Å². The van der Waals surface area contributed by atoms with Crippen LogP contribution in [0.3, 0.4) is 0 Å². The molecule has 7 rings (SSSR count). The summed E-state index contributed by atoms with van der Waals surface area (Å²) in [7, 11) is 1.97. The van der Waals surface area contributed by atoms with E-state index in [9.17, 15) is 24.6 Å². The lowest BCUT2D eigenvalue weighted by atomic mass is 9.71. The summed E-state index contributed by atoms with van der Waals surface area (Å²) in [5.41, 5.74) is 9.52. The van der Waals surface area contributed by atoms with Gasteiger partial charge in [-0.3, -0.25) is 14.4 Å². The van der Waals surface area contributed by atoms with E-state index in [1.54, 1.807) is 30.3 Å². The first kappa shape index (κ1) is 31.1. The van der Waals surface area contributed by atoms with Crippen molar-refractivity contribution in [2.75, 3.05) is 18.4 Å². The molecule has 3 atom stereocenters. The fourth-order valence-corrected chi connectivity index (χ4v) is 6.93. The van der Waals surface area contributed by atoms with Gasteiger partial charge in [0.1, 0.15) is 30.8 Å². The van der Waals surface area contributed by atoms with E-state index in [1.807, 2.05) is 39.9 Å². The Morgan fingerprint density at radius 2 is 1.92 bits per heavy atom. The maximum Gasteiger partial charge on any atom is 0.273 e. The maximum absolute atomic E-state index is 14.2. The number of carbonyl (C=O) groups is 3. The monoisotopic (exact) mass is 646 g/mol. The Morgan fingerprint density at radius 1 is 1.12 bits per heavy atom. The fourth-order valence-electron chi connectivity index (χ4n) is 6.93. The molecule has 244 valence electrons. The number of hydrogen-bond donors (Lipinski definition) is 7. The molecule has 2 aliphatic heterocycles. The largest absolute Gasteiger partial charge is 0.508 e. The van der Waals surface area contributed by atoms with Crippen molar-refractivity contribution in [3.63, 3.8) is 0 Å².